The molecule has 0 unspecified atom stereocenters. The quantitative estimate of drug-likeness (QED) is 0.465. The number of rotatable bonds is 0. The molecule has 0 rings (SSSR count). The molecule has 1 radical (unpaired) electrons. The predicted octanol–water partition coefficient (Wildman–Crippen LogP) is -0.929. The number of hydrogen-bond acceptors (Lipinski definition) is 1. The van der Waals surface area contributed by atoms with Crippen molar-refractivity contribution in [3.05, 3.63) is 0 Å². The molecule has 0 atom stereocenters. The predicted molar refractivity (Wildman–Crippen MR) is 14.3 cm³/mol. The zero-order valence-corrected chi connectivity index (χ0v) is 9.92. The first kappa shape index (κ1) is 16.3. The van der Waals surface area contributed by atoms with Gasteiger partial charge in [0.2, 0.25) is 0 Å². The number of hydrogen-bond donors (Lipinski definition) is 3. The molecule has 0 fully saturated rings. The molecule has 0 heterocycles. The zero-order chi connectivity index (χ0) is 4.50. The van der Waals surface area contributed by atoms with E-state index in [-0.39, 0.29) is 75.5 Å². The van der Waals surface area contributed by atoms with E-state index < -0.39 is 7.82 Å². The van der Waals surface area contributed by atoms with Crippen molar-refractivity contribution in [3.63, 3.8) is 0 Å². The molecule has 0 bridgehead atoms. The number of phosphoric acid groups is 1. The average molecular weight is 394 g/mol. The molecular weight excluding hydrogens is 391 g/mol. The van der Waals surface area contributed by atoms with Gasteiger partial charge in [0.15, 0.2) is 0 Å². The van der Waals surface area contributed by atoms with Gasteiger partial charge in [0.1, 0.15) is 0 Å². The largest absolute Gasteiger partial charge is 0.466 e. The Morgan fingerprint density at radius 2 is 1.14 bits per heavy atom. The van der Waals surface area contributed by atoms with E-state index in [9.17, 15) is 0 Å². The molecule has 0 spiro atoms. The smallest absolute Gasteiger partial charge is 0.303 e. The summed E-state index contributed by atoms with van der Waals surface area (Å²) in [7, 11) is -4.64. The first-order valence-corrected chi connectivity index (χ1v) is 2.35. The second kappa shape index (κ2) is 6.75. The van der Waals surface area contributed by atoms with Crippen molar-refractivity contribution in [1.82, 2.24) is 0 Å². The third-order valence-corrected chi connectivity index (χ3v) is 0. The van der Waals surface area contributed by atoms with Crippen molar-refractivity contribution < 1.29 is 94.8 Å². The van der Waals surface area contributed by atoms with Gasteiger partial charge in [0.05, 0.1) is 0 Å². The van der Waals surface area contributed by atoms with Crippen molar-refractivity contribution >= 4 is 7.82 Å². The molecule has 0 aliphatic rings. The van der Waals surface area contributed by atoms with Crippen LogP contribution in [0.2, 0.25) is 0 Å². The Bertz CT molecular complexity index is 57.8. The molecule has 3 N–H and O–H groups in total. The fourth-order valence-electron chi connectivity index (χ4n) is 0. The maximum Gasteiger partial charge on any atom is 0.466 e. The Kier molecular flexibility index (Phi) is 15.7. The average Bonchev–Trinajstić information content (AvgIpc) is 0.722. The van der Waals surface area contributed by atoms with Crippen molar-refractivity contribution in [2.45, 2.75) is 0 Å². The van der Waals surface area contributed by atoms with E-state index in [4.69, 9.17) is 19.2 Å². The van der Waals surface area contributed by atoms with Gasteiger partial charge in [-0.3, -0.25) is 0 Å². The molecule has 7 heavy (non-hydrogen) atoms. The summed E-state index contributed by atoms with van der Waals surface area (Å²) in [6.45, 7) is 0. The summed E-state index contributed by atoms with van der Waals surface area (Å²) in [5, 5.41) is 0. The normalized spacial score (nSPS) is 8.43. The molecule has 4 nitrogen and oxygen atoms in total. The summed E-state index contributed by atoms with van der Waals surface area (Å²) in [5.41, 5.74) is 0. The summed E-state index contributed by atoms with van der Waals surface area (Å²) < 4.78 is 8.88. The van der Waals surface area contributed by atoms with Crippen LogP contribution in [-0.4, -0.2) is 14.7 Å². The standard InChI is InChI=1S/Gd.La.H3O4P/c;;1-5(2,3)4/h;;(H3,1,2,3,4). The van der Waals surface area contributed by atoms with E-state index in [1.807, 2.05) is 0 Å². The van der Waals surface area contributed by atoms with Gasteiger partial charge >= 0.3 is 7.82 Å². The monoisotopic (exact) mass is 395 g/mol. The van der Waals surface area contributed by atoms with E-state index in [2.05, 4.69) is 0 Å². The van der Waals surface area contributed by atoms with E-state index in [0.717, 1.165) is 0 Å². The van der Waals surface area contributed by atoms with Crippen LogP contribution in [0, 0.1) is 75.5 Å². The van der Waals surface area contributed by atoms with Crippen molar-refractivity contribution in [2.24, 2.45) is 0 Å². The van der Waals surface area contributed by atoms with Crippen LogP contribution in [0.4, 0.5) is 0 Å². The van der Waals surface area contributed by atoms with Crippen LogP contribution in [0.1, 0.15) is 0 Å². The second-order valence-electron chi connectivity index (χ2n) is 0.513. The van der Waals surface area contributed by atoms with Gasteiger partial charge in [-0.05, 0) is 0 Å². The summed E-state index contributed by atoms with van der Waals surface area (Å²) in [6, 6.07) is 0. The molecule has 0 aliphatic carbocycles. The van der Waals surface area contributed by atoms with Crippen LogP contribution in [0.15, 0.2) is 0 Å². The van der Waals surface area contributed by atoms with Crippen LogP contribution >= 0.6 is 7.82 Å². The molecule has 7 heteroatoms. The van der Waals surface area contributed by atoms with Crippen LogP contribution in [0.5, 0.6) is 0 Å². The van der Waals surface area contributed by atoms with Gasteiger partial charge in [0, 0.05) is 75.5 Å². The maximum atomic E-state index is 8.88. The fourth-order valence-corrected chi connectivity index (χ4v) is 0. The van der Waals surface area contributed by atoms with Gasteiger partial charge < -0.3 is 14.7 Å². The molecule has 0 aromatic carbocycles. The molecule has 0 aliphatic heterocycles. The maximum absolute atomic E-state index is 8.88. The van der Waals surface area contributed by atoms with Crippen molar-refractivity contribution in [1.29, 1.82) is 0 Å². The summed E-state index contributed by atoms with van der Waals surface area (Å²) in [5.74, 6) is 0. The van der Waals surface area contributed by atoms with E-state index in [1.54, 1.807) is 0 Å². The Hall–Kier alpha value is 2.63. The minimum Gasteiger partial charge on any atom is -0.303 e. The van der Waals surface area contributed by atoms with Crippen molar-refractivity contribution in [3.8, 4) is 0 Å². The Balaban J connectivity index is -0.0000000800. The molecule has 0 amide bonds. The van der Waals surface area contributed by atoms with Crippen LogP contribution in [0.25, 0.3) is 0 Å². The van der Waals surface area contributed by atoms with Gasteiger partial charge in [-0.2, -0.15) is 0 Å². The Morgan fingerprint density at radius 1 is 1.14 bits per heavy atom. The van der Waals surface area contributed by atoms with E-state index in [0.29, 0.717) is 0 Å². The molecule has 0 saturated heterocycles. The first-order chi connectivity index (χ1) is 2.00. The Morgan fingerprint density at radius 3 is 1.14 bits per heavy atom. The van der Waals surface area contributed by atoms with Crippen molar-refractivity contribution in [2.75, 3.05) is 0 Å². The van der Waals surface area contributed by atoms with E-state index in [1.165, 1.54) is 0 Å². The third kappa shape index (κ3) is 54.9. The minimum absolute atomic E-state index is 0. The second-order valence-corrected chi connectivity index (χ2v) is 1.54. The van der Waals surface area contributed by atoms with Crippen LogP contribution in [-0.2, 0) is 4.57 Å². The summed E-state index contributed by atoms with van der Waals surface area (Å²) in [4.78, 5) is 21.6. The zero-order valence-electron chi connectivity index (χ0n) is 3.13. The summed E-state index contributed by atoms with van der Waals surface area (Å²) >= 11 is 0. The van der Waals surface area contributed by atoms with Gasteiger partial charge in [0.25, 0.3) is 0 Å². The Labute approximate surface area is 101 Å². The van der Waals surface area contributed by atoms with Gasteiger partial charge in [-0.25, -0.2) is 4.57 Å². The molecule has 0 aromatic heterocycles. The molecule has 0 aromatic rings. The minimum atomic E-state index is -4.64. The molecule has 43 valence electrons. The van der Waals surface area contributed by atoms with Gasteiger partial charge in [-0.15, -0.1) is 0 Å². The molecule has 0 saturated carbocycles. The SMILES string of the molecule is O=P(O)(O)O.[Gd].[La]. The van der Waals surface area contributed by atoms with E-state index >= 15 is 0 Å². The fraction of sp³-hybridized carbons (Fsp3) is 0. The topological polar surface area (TPSA) is 77.8 Å². The summed E-state index contributed by atoms with van der Waals surface area (Å²) in [6.07, 6.45) is 0. The van der Waals surface area contributed by atoms with Crippen LogP contribution < -0.4 is 0 Å². The van der Waals surface area contributed by atoms with Gasteiger partial charge in [-0.1, -0.05) is 0 Å². The third-order valence-electron chi connectivity index (χ3n) is 0. The molecular formula is H3GdLaO4P. The van der Waals surface area contributed by atoms with Crippen LogP contribution in [0.3, 0.4) is 0 Å². The first-order valence-electron chi connectivity index (χ1n) is 0.783.